The van der Waals surface area contributed by atoms with Crippen LogP contribution in [0, 0.1) is 6.92 Å². The molecule has 0 bridgehead atoms. The van der Waals surface area contributed by atoms with E-state index in [2.05, 4.69) is 9.82 Å². The van der Waals surface area contributed by atoms with E-state index in [1.165, 1.54) is 17.8 Å². The minimum Gasteiger partial charge on any atom is -0.280 e. The number of H-pyrrole nitrogens is 1. The van der Waals surface area contributed by atoms with E-state index in [9.17, 15) is 21.6 Å². The molecule has 0 fully saturated rings. The minimum atomic E-state index is -4.55. The number of nitrogens with zero attached hydrogens (tertiary/aromatic N) is 1. The Labute approximate surface area is 162 Å². The quantitative estimate of drug-likeness (QED) is 0.556. The fourth-order valence-electron chi connectivity index (χ4n) is 2.35. The molecular formula is C16H14F3N3O2S3. The van der Waals surface area contributed by atoms with Crippen molar-refractivity contribution in [1.29, 1.82) is 0 Å². The van der Waals surface area contributed by atoms with Gasteiger partial charge in [0, 0.05) is 15.5 Å². The fraction of sp³-hybridized carbons (Fsp3) is 0.188. The second kappa shape index (κ2) is 7.21. The molecule has 0 radical (unpaired) electrons. The van der Waals surface area contributed by atoms with Crippen LogP contribution in [0.4, 0.5) is 18.9 Å². The number of hydrogen-bond acceptors (Lipinski definition) is 5. The summed E-state index contributed by atoms with van der Waals surface area (Å²) in [6.07, 6.45) is -2.67. The Morgan fingerprint density at radius 3 is 2.59 bits per heavy atom. The van der Waals surface area contributed by atoms with E-state index in [-0.39, 0.29) is 10.6 Å². The number of aryl methyl sites for hydroxylation is 1. The molecule has 0 saturated heterocycles. The van der Waals surface area contributed by atoms with E-state index >= 15 is 0 Å². The van der Waals surface area contributed by atoms with Crippen LogP contribution in [0.25, 0.3) is 10.6 Å². The van der Waals surface area contributed by atoms with Gasteiger partial charge in [0.1, 0.15) is 16.3 Å². The minimum absolute atomic E-state index is 0.00798. The number of thioether (sulfide) groups is 1. The molecule has 0 aliphatic heterocycles. The summed E-state index contributed by atoms with van der Waals surface area (Å²) in [7, 11) is -3.89. The Hall–Kier alpha value is -1.98. The van der Waals surface area contributed by atoms with Crippen molar-refractivity contribution < 1.29 is 21.6 Å². The van der Waals surface area contributed by atoms with E-state index < -0.39 is 21.9 Å². The molecule has 2 N–H and O–H groups in total. The highest BCUT2D eigenvalue weighted by Gasteiger charge is 2.33. The highest BCUT2D eigenvalue weighted by molar-refractivity contribution is 7.98. The number of anilines is 1. The van der Waals surface area contributed by atoms with Crippen molar-refractivity contribution in [3.63, 3.8) is 0 Å². The molecule has 0 amide bonds. The molecule has 3 rings (SSSR count). The molecule has 2 aromatic heterocycles. The molecule has 5 nitrogen and oxygen atoms in total. The van der Waals surface area contributed by atoms with Gasteiger partial charge >= 0.3 is 6.18 Å². The Balaban J connectivity index is 1.92. The first kappa shape index (κ1) is 19.8. The van der Waals surface area contributed by atoms with Crippen molar-refractivity contribution in [3.05, 3.63) is 47.0 Å². The summed E-state index contributed by atoms with van der Waals surface area (Å²) < 4.78 is 66.1. The molecule has 0 saturated carbocycles. The van der Waals surface area contributed by atoms with Gasteiger partial charge in [-0.05, 0) is 43.5 Å². The molecule has 11 heteroatoms. The summed E-state index contributed by atoms with van der Waals surface area (Å²) in [5, 5.41) is 5.57. The van der Waals surface area contributed by atoms with Crippen LogP contribution in [0.15, 0.2) is 46.2 Å². The van der Waals surface area contributed by atoms with Crippen molar-refractivity contribution in [2.24, 2.45) is 0 Å². The number of nitrogens with one attached hydrogen (secondary N) is 2. The maximum absolute atomic E-state index is 12.7. The Kier molecular flexibility index (Phi) is 5.28. The van der Waals surface area contributed by atoms with E-state index in [1.54, 1.807) is 25.1 Å². The van der Waals surface area contributed by atoms with Crippen molar-refractivity contribution in [2.45, 2.75) is 22.9 Å². The topological polar surface area (TPSA) is 74.8 Å². The molecule has 2 heterocycles. The average molecular weight is 434 g/mol. The normalized spacial score (nSPS) is 12.3. The SMILES string of the molecule is CSc1cccc(NS(=O)(=O)c2cc(-c3cc(C(F)(F)F)[nH]n3)sc2C)c1. The highest BCUT2D eigenvalue weighted by atomic mass is 32.2. The molecule has 0 atom stereocenters. The van der Waals surface area contributed by atoms with Gasteiger partial charge in [-0.15, -0.1) is 23.1 Å². The zero-order chi connectivity index (χ0) is 19.8. The van der Waals surface area contributed by atoms with Crippen molar-refractivity contribution >= 4 is 38.8 Å². The van der Waals surface area contributed by atoms with Gasteiger partial charge in [0.2, 0.25) is 0 Å². The van der Waals surface area contributed by atoms with Gasteiger partial charge in [-0.2, -0.15) is 18.3 Å². The van der Waals surface area contributed by atoms with Crippen LogP contribution >= 0.6 is 23.1 Å². The standard InChI is InChI=1S/C16H14F3N3O2S3/c1-9-14(27(23,24)22-10-4-3-5-11(6-10)25-2)8-13(26-9)12-7-15(21-20-12)16(17,18)19/h3-8,22H,1-2H3,(H,20,21). The fourth-order valence-corrected chi connectivity index (χ4v) is 5.41. The lowest BCUT2D eigenvalue weighted by Gasteiger charge is -2.08. The Morgan fingerprint density at radius 1 is 1.22 bits per heavy atom. The van der Waals surface area contributed by atoms with Crippen LogP contribution in [0.3, 0.4) is 0 Å². The van der Waals surface area contributed by atoms with Crippen LogP contribution in [-0.2, 0) is 16.2 Å². The number of sulfonamides is 1. The number of aromatic nitrogens is 2. The molecule has 0 aliphatic rings. The summed E-state index contributed by atoms with van der Waals surface area (Å²) in [5.41, 5.74) is -0.533. The molecule has 27 heavy (non-hydrogen) atoms. The summed E-state index contributed by atoms with van der Waals surface area (Å²) in [6.45, 7) is 1.60. The van der Waals surface area contributed by atoms with Gasteiger partial charge in [0.25, 0.3) is 10.0 Å². The second-order valence-corrected chi connectivity index (χ2v) is 9.32. The number of thiophene rings is 1. The van der Waals surface area contributed by atoms with Gasteiger partial charge in [-0.3, -0.25) is 9.82 Å². The average Bonchev–Trinajstić information content (AvgIpc) is 3.21. The van der Waals surface area contributed by atoms with Gasteiger partial charge in [0.15, 0.2) is 0 Å². The lowest BCUT2D eigenvalue weighted by atomic mass is 10.3. The van der Waals surface area contributed by atoms with Gasteiger partial charge in [-0.25, -0.2) is 8.42 Å². The van der Waals surface area contributed by atoms with E-state index in [0.29, 0.717) is 15.4 Å². The van der Waals surface area contributed by atoms with Gasteiger partial charge < -0.3 is 0 Å². The Bertz CT molecular complexity index is 1070. The number of hydrogen-bond donors (Lipinski definition) is 2. The van der Waals surface area contributed by atoms with Crippen molar-refractivity contribution in [3.8, 4) is 10.6 Å². The number of halogens is 3. The van der Waals surface area contributed by atoms with Gasteiger partial charge in [0.05, 0.1) is 4.88 Å². The van der Waals surface area contributed by atoms with Gasteiger partial charge in [-0.1, -0.05) is 6.07 Å². The molecule has 0 spiro atoms. The number of aromatic amines is 1. The summed E-state index contributed by atoms with van der Waals surface area (Å²) in [4.78, 5) is 1.69. The molecule has 0 unspecified atom stereocenters. The second-order valence-electron chi connectivity index (χ2n) is 5.53. The Morgan fingerprint density at radius 2 is 1.96 bits per heavy atom. The lowest BCUT2D eigenvalue weighted by Crippen LogP contribution is -2.13. The summed E-state index contributed by atoms with van der Waals surface area (Å²) in [6, 6.07) is 9.11. The van der Waals surface area contributed by atoms with Crippen LogP contribution in [-0.4, -0.2) is 24.9 Å². The third-order valence-electron chi connectivity index (χ3n) is 3.62. The molecular weight excluding hydrogens is 419 g/mol. The summed E-state index contributed by atoms with van der Waals surface area (Å²) >= 11 is 2.54. The largest absolute Gasteiger partial charge is 0.432 e. The first-order chi connectivity index (χ1) is 12.6. The zero-order valence-electron chi connectivity index (χ0n) is 14.1. The maximum atomic E-state index is 12.7. The first-order valence-corrected chi connectivity index (χ1v) is 11.0. The molecule has 144 valence electrons. The predicted molar refractivity (Wildman–Crippen MR) is 101 cm³/mol. The number of alkyl halides is 3. The number of benzene rings is 1. The third kappa shape index (κ3) is 4.30. The monoisotopic (exact) mass is 433 g/mol. The van der Waals surface area contributed by atoms with Crippen LogP contribution in [0.5, 0.6) is 0 Å². The first-order valence-electron chi connectivity index (χ1n) is 7.50. The van der Waals surface area contributed by atoms with E-state index in [4.69, 9.17) is 0 Å². The molecule has 0 aliphatic carbocycles. The summed E-state index contributed by atoms with van der Waals surface area (Å²) in [5.74, 6) is 0. The van der Waals surface area contributed by atoms with E-state index in [0.717, 1.165) is 22.3 Å². The van der Waals surface area contributed by atoms with Crippen molar-refractivity contribution in [2.75, 3.05) is 11.0 Å². The maximum Gasteiger partial charge on any atom is 0.432 e. The highest BCUT2D eigenvalue weighted by Crippen LogP contribution is 2.36. The van der Waals surface area contributed by atoms with Crippen molar-refractivity contribution in [1.82, 2.24) is 10.2 Å². The van der Waals surface area contributed by atoms with Crippen LogP contribution < -0.4 is 4.72 Å². The van der Waals surface area contributed by atoms with Crippen LogP contribution in [0.2, 0.25) is 0 Å². The predicted octanol–water partition coefficient (Wildman–Crippen LogP) is 4.99. The third-order valence-corrected chi connectivity index (χ3v) is 7.05. The smallest absolute Gasteiger partial charge is 0.280 e. The lowest BCUT2D eigenvalue weighted by molar-refractivity contribution is -0.141. The van der Waals surface area contributed by atoms with Crippen LogP contribution in [0.1, 0.15) is 10.6 Å². The molecule has 1 aromatic carbocycles. The molecule has 3 aromatic rings. The number of rotatable bonds is 5. The van der Waals surface area contributed by atoms with E-state index in [1.807, 2.05) is 17.4 Å². The zero-order valence-corrected chi connectivity index (χ0v) is 16.5.